The normalized spacial score (nSPS) is 11.9. The van der Waals surface area contributed by atoms with Crippen molar-refractivity contribution in [2.75, 3.05) is 17.4 Å². The van der Waals surface area contributed by atoms with Crippen LogP contribution in [0.3, 0.4) is 0 Å². The molecule has 230 valence electrons. The predicted octanol–water partition coefficient (Wildman–Crippen LogP) is 5.80. The number of carbonyl (C=O) groups is 2. The third-order valence-electron chi connectivity index (χ3n) is 7.42. The largest absolute Gasteiger partial charge is 0.354 e. The number of nitrogens with one attached hydrogen (secondary N) is 1. The van der Waals surface area contributed by atoms with E-state index in [1.54, 1.807) is 12.1 Å². The van der Waals surface area contributed by atoms with Crippen LogP contribution < -0.4 is 9.62 Å². The van der Waals surface area contributed by atoms with Crippen molar-refractivity contribution in [2.45, 2.75) is 51.1 Å². The van der Waals surface area contributed by atoms with Crippen LogP contribution in [0.1, 0.15) is 35.6 Å². The number of carbonyl (C=O) groups excluding carboxylic acids is 2. The third kappa shape index (κ3) is 8.11. The van der Waals surface area contributed by atoms with Gasteiger partial charge in [0.05, 0.1) is 10.6 Å². The Kier molecular flexibility index (Phi) is 10.9. The van der Waals surface area contributed by atoms with Crippen LogP contribution in [-0.4, -0.2) is 44.3 Å². The first-order valence-electron chi connectivity index (χ1n) is 14.6. The van der Waals surface area contributed by atoms with Crippen LogP contribution in [0.15, 0.2) is 108 Å². The van der Waals surface area contributed by atoms with E-state index in [0.717, 1.165) is 38.7 Å². The smallest absolute Gasteiger partial charge is 0.264 e. The van der Waals surface area contributed by atoms with E-state index in [4.69, 9.17) is 0 Å². The summed E-state index contributed by atoms with van der Waals surface area (Å²) in [5, 5.41) is 2.93. The van der Waals surface area contributed by atoms with E-state index in [9.17, 15) is 22.4 Å². The molecule has 4 aromatic rings. The van der Waals surface area contributed by atoms with E-state index in [1.165, 1.54) is 29.2 Å². The minimum atomic E-state index is -4.25. The van der Waals surface area contributed by atoms with Gasteiger partial charge in [0.2, 0.25) is 11.8 Å². The number of rotatable bonds is 13. The van der Waals surface area contributed by atoms with Crippen molar-refractivity contribution in [2.24, 2.45) is 0 Å². The van der Waals surface area contributed by atoms with E-state index in [0.29, 0.717) is 13.0 Å². The van der Waals surface area contributed by atoms with E-state index in [2.05, 4.69) is 5.32 Å². The minimum Gasteiger partial charge on any atom is -0.354 e. The van der Waals surface area contributed by atoms with Gasteiger partial charge in [0, 0.05) is 19.5 Å². The Morgan fingerprint density at radius 2 is 1.48 bits per heavy atom. The Bertz CT molecular complexity index is 1660. The van der Waals surface area contributed by atoms with Crippen molar-refractivity contribution in [3.8, 4) is 0 Å². The maximum atomic E-state index is 14.4. The fourth-order valence-electron chi connectivity index (χ4n) is 4.86. The highest BCUT2D eigenvalue weighted by atomic mass is 32.2. The summed E-state index contributed by atoms with van der Waals surface area (Å²) in [5.74, 6) is -1.43. The van der Waals surface area contributed by atoms with Gasteiger partial charge in [-0.3, -0.25) is 13.9 Å². The molecule has 4 aromatic carbocycles. The first kappa shape index (κ1) is 32.4. The number of aryl methyl sites for hydroxylation is 2. The lowest BCUT2D eigenvalue weighted by atomic mass is 10.0. The van der Waals surface area contributed by atoms with Crippen molar-refractivity contribution >= 4 is 27.5 Å². The monoisotopic (exact) mass is 615 g/mol. The first-order valence-corrected chi connectivity index (χ1v) is 16.0. The summed E-state index contributed by atoms with van der Waals surface area (Å²) < 4.78 is 42.9. The Morgan fingerprint density at radius 1 is 0.841 bits per heavy atom. The van der Waals surface area contributed by atoms with Crippen LogP contribution in [0.5, 0.6) is 0 Å². The van der Waals surface area contributed by atoms with Crippen LogP contribution in [0.4, 0.5) is 10.1 Å². The molecule has 4 rings (SSSR count). The molecule has 0 aliphatic carbocycles. The fraction of sp³-hybridized carbons (Fsp3) is 0.257. The van der Waals surface area contributed by atoms with Crippen molar-refractivity contribution < 1.29 is 22.4 Å². The lowest BCUT2D eigenvalue weighted by Crippen LogP contribution is -2.53. The maximum absolute atomic E-state index is 14.4. The van der Waals surface area contributed by atoms with Crippen LogP contribution in [0.25, 0.3) is 0 Å². The summed E-state index contributed by atoms with van der Waals surface area (Å²) in [5.41, 5.74) is 3.62. The molecule has 0 saturated carbocycles. The molecule has 0 spiro atoms. The summed E-state index contributed by atoms with van der Waals surface area (Å²) in [6.45, 7) is 5.63. The average Bonchev–Trinajstić information content (AvgIpc) is 3.02. The lowest BCUT2D eigenvalue weighted by Gasteiger charge is -2.34. The van der Waals surface area contributed by atoms with Crippen molar-refractivity contribution in [1.82, 2.24) is 10.2 Å². The van der Waals surface area contributed by atoms with Crippen molar-refractivity contribution in [3.63, 3.8) is 0 Å². The Hall–Kier alpha value is -4.50. The van der Waals surface area contributed by atoms with E-state index >= 15 is 0 Å². The SMILES string of the molecule is CCCNC(=O)[C@H](Cc1ccccc1)N(Cc1ccccc1C)C(=O)CN(c1ccc(F)cc1)S(=O)(=O)c1ccc(C)cc1. The van der Waals surface area contributed by atoms with Gasteiger partial charge in [-0.2, -0.15) is 0 Å². The Morgan fingerprint density at radius 3 is 2.11 bits per heavy atom. The summed E-state index contributed by atoms with van der Waals surface area (Å²) >= 11 is 0. The van der Waals surface area contributed by atoms with Gasteiger partial charge in [-0.15, -0.1) is 0 Å². The Balaban J connectivity index is 1.80. The highest BCUT2D eigenvalue weighted by Gasteiger charge is 2.34. The second kappa shape index (κ2) is 14.8. The van der Waals surface area contributed by atoms with Gasteiger partial charge in [0.1, 0.15) is 18.4 Å². The fourth-order valence-corrected chi connectivity index (χ4v) is 6.28. The maximum Gasteiger partial charge on any atom is 0.264 e. The number of hydrogen-bond donors (Lipinski definition) is 1. The zero-order valence-corrected chi connectivity index (χ0v) is 26.1. The van der Waals surface area contributed by atoms with Gasteiger partial charge >= 0.3 is 0 Å². The lowest BCUT2D eigenvalue weighted by molar-refractivity contribution is -0.140. The van der Waals surface area contributed by atoms with Crippen molar-refractivity contribution in [1.29, 1.82) is 0 Å². The number of sulfonamides is 1. The molecule has 0 heterocycles. The van der Waals surface area contributed by atoms with Crippen LogP contribution >= 0.6 is 0 Å². The van der Waals surface area contributed by atoms with Gasteiger partial charge in [0.25, 0.3) is 10.0 Å². The molecule has 0 radical (unpaired) electrons. The molecule has 9 heteroatoms. The standard InChI is InChI=1S/C35H38FN3O4S/c1-4-22-37-35(41)33(23-28-11-6-5-7-12-28)38(24-29-13-9-8-10-27(29)3)34(40)25-39(31-18-16-30(36)17-19-31)44(42,43)32-20-14-26(2)15-21-32/h5-21,33H,4,22-25H2,1-3H3,(H,37,41)/t33-/m0/s1. The van der Waals surface area contributed by atoms with Gasteiger partial charge in [-0.1, -0.05) is 79.2 Å². The Labute approximate surface area is 259 Å². The highest BCUT2D eigenvalue weighted by Crippen LogP contribution is 2.26. The molecule has 2 amide bonds. The molecule has 1 atom stereocenters. The number of benzene rings is 4. The molecular weight excluding hydrogens is 577 g/mol. The molecule has 44 heavy (non-hydrogen) atoms. The molecule has 0 fully saturated rings. The van der Waals surface area contributed by atoms with E-state index in [-0.39, 0.29) is 29.5 Å². The van der Waals surface area contributed by atoms with E-state index in [1.807, 2.05) is 75.4 Å². The summed E-state index contributed by atoms with van der Waals surface area (Å²) in [6, 6.07) is 27.3. The number of anilines is 1. The van der Waals surface area contributed by atoms with Gasteiger partial charge in [-0.25, -0.2) is 12.8 Å². The molecule has 0 aliphatic rings. The zero-order chi connectivity index (χ0) is 31.7. The number of amides is 2. The molecule has 0 saturated heterocycles. The van der Waals surface area contributed by atoms with E-state index < -0.39 is 34.3 Å². The summed E-state index contributed by atoms with van der Waals surface area (Å²) in [6.07, 6.45) is 0.942. The topological polar surface area (TPSA) is 86.8 Å². The zero-order valence-electron chi connectivity index (χ0n) is 25.2. The van der Waals surface area contributed by atoms with Gasteiger partial charge in [-0.05, 0) is 73.4 Å². The van der Waals surface area contributed by atoms with Crippen LogP contribution in [0.2, 0.25) is 0 Å². The molecule has 0 aliphatic heterocycles. The first-order chi connectivity index (χ1) is 21.1. The van der Waals surface area contributed by atoms with Gasteiger partial charge < -0.3 is 10.2 Å². The van der Waals surface area contributed by atoms with Crippen molar-refractivity contribution in [3.05, 3.63) is 131 Å². The second-order valence-electron chi connectivity index (χ2n) is 10.7. The second-order valence-corrected chi connectivity index (χ2v) is 12.6. The number of nitrogens with zero attached hydrogens (tertiary/aromatic N) is 2. The molecule has 1 N–H and O–H groups in total. The molecule has 0 bridgehead atoms. The molecule has 0 unspecified atom stereocenters. The third-order valence-corrected chi connectivity index (χ3v) is 9.21. The van der Waals surface area contributed by atoms with Crippen LogP contribution in [0, 0.1) is 19.7 Å². The number of halogens is 1. The molecular formula is C35H38FN3O4S. The van der Waals surface area contributed by atoms with Crippen LogP contribution in [-0.2, 0) is 32.6 Å². The average molecular weight is 616 g/mol. The summed E-state index contributed by atoms with van der Waals surface area (Å²) in [4.78, 5) is 29.6. The minimum absolute atomic E-state index is 0.00722. The molecule has 7 nitrogen and oxygen atoms in total. The quantitative estimate of drug-likeness (QED) is 0.206. The highest BCUT2D eigenvalue weighted by molar-refractivity contribution is 7.92. The predicted molar refractivity (Wildman–Crippen MR) is 171 cm³/mol. The molecule has 0 aromatic heterocycles. The van der Waals surface area contributed by atoms with Gasteiger partial charge in [0.15, 0.2) is 0 Å². The summed E-state index contributed by atoms with van der Waals surface area (Å²) in [7, 11) is -4.25. The number of hydrogen-bond acceptors (Lipinski definition) is 4.